The number of rotatable bonds is 4. The Morgan fingerprint density at radius 3 is 2.58 bits per heavy atom. The van der Waals surface area contributed by atoms with Crippen molar-refractivity contribution in [3.63, 3.8) is 0 Å². The van der Waals surface area contributed by atoms with Crippen molar-refractivity contribution in [2.75, 3.05) is 5.32 Å². The minimum atomic E-state index is -0.271. The molecule has 0 amide bonds. The topological polar surface area (TPSA) is 55.6 Å². The molecule has 0 saturated heterocycles. The van der Waals surface area contributed by atoms with Crippen molar-refractivity contribution >= 4 is 21.9 Å². The van der Waals surface area contributed by atoms with Gasteiger partial charge in [-0.25, -0.2) is 14.4 Å². The molecule has 2 aromatic heterocycles. The van der Waals surface area contributed by atoms with Gasteiger partial charge in [0.25, 0.3) is 0 Å². The Labute approximate surface area is 159 Å². The van der Waals surface area contributed by atoms with E-state index in [2.05, 4.69) is 36.2 Å². The molecular weight excluding hydrogens is 397 g/mol. The summed E-state index contributed by atoms with van der Waals surface area (Å²) in [7, 11) is 0. The molecule has 1 aliphatic carbocycles. The second kappa shape index (κ2) is 7.53. The van der Waals surface area contributed by atoms with Crippen molar-refractivity contribution < 1.29 is 4.39 Å². The second-order valence-corrected chi connectivity index (χ2v) is 7.29. The molecular formula is C19H19BrFN5. The summed E-state index contributed by atoms with van der Waals surface area (Å²) >= 11 is 3.43. The Balaban J connectivity index is 1.65. The standard InChI is InChI=1S/C19H19BrFN5/c20-16-12-26(18(24-16)13-6-8-14(21)9-7-13)17-10-11-22-19(25-17)23-15-4-2-1-3-5-15/h6-12,15H,1-5H2,(H,22,23,25). The lowest BCUT2D eigenvalue weighted by molar-refractivity contribution is 0.461. The third-order valence-corrected chi connectivity index (χ3v) is 4.99. The number of nitrogens with zero attached hydrogens (tertiary/aromatic N) is 4. The van der Waals surface area contributed by atoms with Gasteiger partial charge in [0.2, 0.25) is 5.95 Å². The number of halogens is 2. The highest BCUT2D eigenvalue weighted by Gasteiger charge is 2.16. The SMILES string of the molecule is Fc1ccc(-c2nc(Br)cn2-c2ccnc(NC3CCCCC3)n2)cc1. The summed E-state index contributed by atoms with van der Waals surface area (Å²) in [4.78, 5) is 13.5. The maximum Gasteiger partial charge on any atom is 0.224 e. The summed E-state index contributed by atoms with van der Waals surface area (Å²) in [5.74, 6) is 1.77. The zero-order valence-electron chi connectivity index (χ0n) is 14.2. The van der Waals surface area contributed by atoms with Crippen molar-refractivity contribution in [2.45, 2.75) is 38.1 Å². The molecule has 0 spiro atoms. The highest BCUT2D eigenvalue weighted by Crippen LogP contribution is 2.25. The van der Waals surface area contributed by atoms with Gasteiger partial charge in [-0.05, 0) is 59.1 Å². The summed E-state index contributed by atoms with van der Waals surface area (Å²) in [6, 6.07) is 8.56. The molecule has 0 unspecified atom stereocenters. The van der Waals surface area contributed by atoms with Crippen LogP contribution in [0.5, 0.6) is 0 Å². The molecule has 26 heavy (non-hydrogen) atoms. The van der Waals surface area contributed by atoms with Crippen LogP contribution in [0, 0.1) is 5.82 Å². The van der Waals surface area contributed by atoms with Crippen LogP contribution in [0.1, 0.15) is 32.1 Å². The van der Waals surface area contributed by atoms with Crippen molar-refractivity contribution in [2.24, 2.45) is 0 Å². The second-order valence-electron chi connectivity index (χ2n) is 6.48. The van der Waals surface area contributed by atoms with E-state index >= 15 is 0 Å². The molecule has 0 atom stereocenters. The number of hydrogen-bond acceptors (Lipinski definition) is 4. The van der Waals surface area contributed by atoms with Crippen molar-refractivity contribution in [1.82, 2.24) is 19.5 Å². The zero-order chi connectivity index (χ0) is 17.9. The first kappa shape index (κ1) is 17.1. The third kappa shape index (κ3) is 3.77. The fourth-order valence-electron chi connectivity index (χ4n) is 3.31. The van der Waals surface area contributed by atoms with Crippen LogP contribution in [0.4, 0.5) is 10.3 Å². The van der Waals surface area contributed by atoms with Crippen LogP contribution < -0.4 is 5.32 Å². The molecule has 1 N–H and O–H groups in total. The molecule has 2 heterocycles. The van der Waals surface area contributed by atoms with E-state index < -0.39 is 0 Å². The third-order valence-electron chi connectivity index (χ3n) is 4.61. The van der Waals surface area contributed by atoms with Gasteiger partial charge in [0.1, 0.15) is 22.1 Å². The first-order valence-corrected chi connectivity index (χ1v) is 9.59. The molecule has 1 aliphatic rings. The Kier molecular flexibility index (Phi) is 4.97. The predicted molar refractivity (Wildman–Crippen MR) is 103 cm³/mol. The fourth-order valence-corrected chi connectivity index (χ4v) is 3.68. The molecule has 0 radical (unpaired) electrons. The lowest BCUT2D eigenvalue weighted by Crippen LogP contribution is -2.23. The van der Waals surface area contributed by atoms with Crippen molar-refractivity contribution in [1.29, 1.82) is 0 Å². The summed E-state index contributed by atoms with van der Waals surface area (Å²) in [5.41, 5.74) is 0.817. The predicted octanol–water partition coefficient (Wildman–Crippen LogP) is 4.98. The summed E-state index contributed by atoms with van der Waals surface area (Å²) in [6.45, 7) is 0. The number of imidazole rings is 1. The van der Waals surface area contributed by atoms with Crippen LogP contribution in [0.25, 0.3) is 17.2 Å². The average Bonchev–Trinajstić information content (AvgIpc) is 3.05. The van der Waals surface area contributed by atoms with Gasteiger partial charge in [-0.15, -0.1) is 0 Å². The van der Waals surface area contributed by atoms with Crippen molar-refractivity contribution in [3.05, 3.63) is 53.1 Å². The maximum atomic E-state index is 13.2. The average molecular weight is 416 g/mol. The van der Waals surface area contributed by atoms with Crippen LogP contribution in [0.2, 0.25) is 0 Å². The van der Waals surface area contributed by atoms with Gasteiger partial charge in [-0.1, -0.05) is 19.3 Å². The van der Waals surface area contributed by atoms with E-state index in [-0.39, 0.29) is 5.82 Å². The molecule has 7 heteroatoms. The van der Waals surface area contributed by atoms with Gasteiger partial charge >= 0.3 is 0 Å². The molecule has 1 saturated carbocycles. The molecule has 0 aliphatic heterocycles. The smallest absolute Gasteiger partial charge is 0.224 e. The lowest BCUT2D eigenvalue weighted by atomic mass is 9.96. The molecule has 0 bridgehead atoms. The number of anilines is 1. The Morgan fingerprint density at radius 1 is 1.04 bits per heavy atom. The molecule has 1 aromatic carbocycles. The fraction of sp³-hybridized carbons (Fsp3) is 0.316. The number of nitrogens with one attached hydrogen (secondary N) is 1. The van der Waals surface area contributed by atoms with Gasteiger partial charge < -0.3 is 5.32 Å². The molecule has 4 rings (SSSR count). The van der Waals surface area contributed by atoms with Gasteiger partial charge in [0.15, 0.2) is 0 Å². The van der Waals surface area contributed by atoms with Gasteiger partial charge in [0.05, 0.1) is 0 Å². The number of hydrogen-bond donors (Lipinski definition) is 1. The maximum absolute atomic E-state index is 13.2. The van der Waals surface area contributed by atoms with Gasteiger partial charge in [0, 0.05) is 24.0 Å². The van der Waals surface area contributed by atoms with Gasteiger partial charge in [-0.3, -0.25) is 4.57 Å². The zero-order valence-corrected chi connectivity index (χ0v) is 15.8. The minimum absolute atomic E-state index is 0.271. The normalized spacial score (nSPS) is 15.2. The summed E-state index contributed by atoms with van der Waals surface area (Å²) in [5, 5.41) is 3.45. The van der Waals surface area contributed by atoms with E-state index in [0.29, 0.717) is 22.4 Å². The van der Waals surface area contributed by atoms with Crippen LogP contribution in [-0.2, 0) is 0 Å². The Bertz CT molecular complexity index is 887. The number of aromatic nitrogens is 4. The van der Waals surface area contributed by atoms with E-state index in [9.17, 15) is 4.39 Å². The summed E-state index contributed by atoms with van der Waals surface area (Å²) in [6.07, 6.45) is 9.72. The monoisotopic (exact) mass is 415 g/mol. The van der Waals surface area contributed by atoms with E-state index in [1.807, 2.05) is 16.8 Å². The summed E-state index contributed by atoms with van der Waals surface area (Å²) < 4.78 is 15.8. The van der Waals surface area contributed by atoms with E-state index in [1.54, 1.807) is 18.3 Å². The molecule has 5 nitrogen and oxygen atoms in total. The van der Waals surface area contributed by atoms with Crippen LogP contribution in [-0.4, -0.2) is 25.6 Å². The van der Waals surface area contributed by atoms with Gasteiger partial charge in [-0.2, -0.15) is 4.98 Å². The molecule has 134 valence electrons. The number of benzene rings is 1. The van der Waals surface area contributed by atoms with Crippen molar-refractivity contribution in [3.8, 4) is 17.2 Å². The van der Waals surface area contributed by atoms with E-state index in [1.165, 1.54) is 31.4 Å². The first-order valence-electron chi connectivity index (χ1n) is 8.80. The highest BCUT2D eigenvalue weighted by molar-refractivity contribution is 9.10. The van der Waals surface area contributed by atoms with Crippen LogP contribution in [0.15, 0.2) is 47.3 Å². The van der Waals surface area contributed by atoms with E-state index in [0.717, 1.165) is 24.2 Å². The first-order chi connectivity index (χ1) is 12.7. The quantitative estimate of drug-likeness (QED) is 0.652. The van der Waals surface area contributed by atoms with Crippen LogP contribution >= 0.6 is 15.9 Å². The molecule has 1 fully saturated rings. The highest BCUT2D eigenvalue weighted by atomic mass is 79.9. The van der Waals surface area contributed by atoms with Crippen LogP contribution in [0.3, 0.4) is 0 Å². The Morgan fingerprint density at radius 2 is 1.81 bits per heavy atom. The lowest BCUT2D eigenvalue weighted by Gasteiger charge is -2.22. The minimum Gasteiger partial charge on any atom is -0.351 e. The largest absolute Gasteiger partial charge is 0.351 e. The van der Waals surface area contributed by atoms with E-state index in [4.69, 9.17) is 0 Å². The molecule has 3 aromatic rings. The Hall–Kier alpha value is -2.28.